The van der Waals surface area contributed by atoms with Crippen LogP contribution in [-0.2, 0) is 11.2 Å². The van der Waals surface area contributed by atoms with Crippen LogP contribution in [0.3, 0.4) is 0 Å². The van der Waals surface area contributed by atoms with Crippen LogP contribution >= 0.6 is 11.3 Å². The number of rotatable bonds is 8. The third-order valence-corrected chi connectivity index (χ3v) is 4.98. The highest BCUT2D eigenvalue weighted by molar-refractivity contribution is 7.13. The molecule has 0 saturated carbocycles. The van der Waals surface area contributed by atoms with Crippen molar-refractivity contribution < 1.29 is 14.3 Å². The van der Waals surface area contributed by atoms with E-state index >= 15 is 0 Å². The van der Waals surface area contributed by atoms with E-state index in [2.05, 4.69) is 15.6 Å². The topological polar surface area (TPSA) is 80.3 Å². The second-order valence-electron chi connectivity index (χ2n) is 6.24. The van der Waals surface area contributed by atoms with Crippen LogP contribution in [0.15, 0.2) is 53.9 Å². The van der Waals surface area contributed by atoms with E-state index in [1.54, 1.807) is 24.3 Å². The van der Waals surface area contributed by atoms with Gasteiger partial charge in [0.15, 0.2) is 0 Å². The summed E-state index contributed by atoms with van der Waals surface area (Å²) in [5.74, 6) is 0.427. The first kappa shape index (κ1) is 20.5. The average Bonchev–Trinajstić information content (AvgIpc) is 3.17. The van der Waals surface area contributed by atoms with Crippen molar-refractivity contribution in [1.29, 1.82) is 0 Å². The minimum Gasteiger partial charge on any atom is -0.493 e. The number of anilines is 1. The highest BCUT2D eigenvalue weighted by Gasteiger charge is 2.13. The molecule has 0 bridgehead atoms. The van der Waals surface area contributed by atoms with Crippen LogP contribution in [0.1, 0.15) is 29.9 Å². The molecule has 0 spiro atoms. The molecule has 3 rings (SSSR count). The van der Waals surface area contributed by atoms with E-state index < -0.39 is 0 Å². The number of nitrogens with zero attached hydrogens (tertiary/aromatic N) is 1. The maximum Gasteiger partial charge on any atom is 0.251 e. The van der Waals surface area contributed by atoms with Crippen molar-refractivity contribution in [2.75, 3.05) is 18.5 Å². The van der Waals surface area contributed by atoms with E-state index in [1.165, 1.54) is 11.3 Å². The Labute approximate surface area is 173 Å². The number of carbonyl (C=O) groups is 2. The molecule has 29 heavy (non-hydrogen) atoms. The van der Waals surface area contributed by atoms with Crippen molar-refractivity contribution in [3.63, 3.8) is 0 Å². The standard InChI is InChI=1S/C22H23N3O3S/c1-3-23-21(27)15-8-7-9-16(12-15)24-20(26)13-17-14-29-22(25-17)18-10-5-6-11-19(18)28-4-2/h5-12,14H,3-4,13H2,1-2H3,(H,23,27)(H,24,26). The highest BCUT2D eigenvalue weighted by Crippen LogP contribution is 2.32. The molecular weight excluding hydrogens is 386 g/mol. The Bertz CT molecular complexity index is 1000. The Morgan fingerprint density at radius 2 is 1.93 bits per heavy atom. The average molecular weight is 410 g/mol. The number of hydrogen-bond donors (Lipinski definition) is 2. The quantitative estimate of drug-likeness (QED) is 0.586. The number of thiazole rings is 1. The second-order valence-corrected chi connectivity index (χ2v) is 7.10. The van der Waals surface area contributed by atoms with Crippen molar-refractivity contribution in [2.45, 2.75) is 20.3 Å². The summed E-state index contributed by atoms with van der Waals surface area (Å²) >= 11 is 1.48. The third kappa shape index (κ3) is 5.42. The zero-order valence-electron chi connectivity index (χ0n) is 16.4. The van der Waals surface area contributed by atoms with Crippen LogP contribution in [-0.4, -0.2) is 29.9 Å². The number of benzene rings is 2. The molecule has 1 aromatic heterocycles. The van der Waals surface area contributed by atoms with Gasteiger partial charge in [-0.3, -0.25) is 9.59 Å². The lowest BCUT2D eigenvalue weighted by molar-refractivity contribution is -0.115. The van der Waals surface area contributed by atoms with Gasteiger partial charge in [-0.05, 0) is 44.2 Å². The molecule has 3 aromatic rings. The first-order valence-electron chi connectivity index (χ1n) is 9.45. The Morgan fingerprint density at radius 3 is 2.72 bits per heavy atom. The van der Waals surface area contributed by atoms with Gasteiger partial charge >= 0.3 is 0 Å². The van der Waals surface area contributed by atoms with Gasteiger partial charge < -0.3 is 15.4 Å². The molecule has 0 aliphatic carbocycles. The van der Waals surface area contributed by atoms with Crippen molar-refractivity contribution in [2.24, 2.45) is 0 Å². The number of para-hydroxylation sites is 1. The van der Waals surface area contributed by atoms with Gasteiger partial charge in [0, 0.05) is 23.2 Å². The molecular formula is C22H23N3O3S. The van der Waals surface area contributed by atoms with E-state index in [4.69, 9.17) is 4.74 Å². The molecule has 2 aromatic carbocycles. The van der Waals surface area contributed by atoms with Crippen molar-refractivity contribution in [3.8, 4) is 16.3 Å². The zero-order chi connectivity index (χ0) is 20.6. The number of amides is 2. The van der Waals surface area contributed by atoms with Gasteiger partial charge in [-0.15, -0.1) is 11.3 Å². The first-order chi connectivity index (χ1) is 14.1. The Kier molecular flexibility index (Phi) is 6.97. The van der Waals surface area contributed by atoms with Gasteiger partial charge in [-0.25, -0.2) is 4.98 Å². The number of aromatic nitrogens is 1. The third-order valence-electron chi connectivity index (χ3n) is 4.06. The summed E-state index contributed by atoms with van der Waals surface area (Å²) in [4.78, 5) is 29.0. The first-order valence-corrected chi connectivity index (χ1v) is 10.3. The molecule has 6 nitrogen and oxygen atoms in total. The van der Waals surface area contributed by atoms with E-state index in [0.29, 0.717) is 30.1 Å². The molecule has 0 fully saturated rings. The van der Waals surface area contributed by atoms with Crippen LogP contribution in [0.25, 0.3) is 10.6 Å². The summed E-state index contributed by atoms with van der Waals surface area (Å²) in [6.45, 7) is 4.93. The summed E-state index contributed by atoms with van der Waals surface area (Å²) in [7, 11) is 0. The summed E-state index contributed by atoms with van der Waals surface area (Å²) in [6, 6.07) is 14.6. The summed E-state index contributed by atoms with van der Waals surface area (Å²) in [6.07, 6.45) is 0.151. The monoisotopic (exact) mass is 409 g/mol. The van der Waals surface area contributed by atoms with Gasteiger partial charge in [-0.1, -0.05) is 18.2 Å². The number of nitrogens with one attached hydrogen (secondary N) is 2. The van der Waals surface area contributed by atoms with Gasteiger partial charge in [0.05, 0.1) is 24.3 Å². The number of carbonyl (C=O) groups excluding carboxylic acids is 2. The highest BCUT2D eigenvalue weighted by atomic mass is 32.1. The van der Waals surface area contributed by atoms with Crippen molar-refractivity contribution in [3.05, 3.63) is 65.2 Å². The molecule has 0 atom stereocenters. The molecule has 7 heteroatoms. The van der Waals surface area contributed by atoms with E-state index in [-0.39, 0.29) is 18.2 Å². The second kappa shape index (κ2) is 9.84. The summed E-state index contributed by atoms with van der Waals surface area (Å²) < 4.78 is 5.66. The number of hydrogen-bond acceptors (Lipinski definition) is 5. The fourth-order valence-electron chi connectivity index (χ4n) is 2.81. The van der Waals surface area contributed by atoms with Crippen molar-refractivity contribution >= 4 is 28.8 Å². The maximum absolute atomic E-state index is 12.4. The van der Waals surface area contributed by atoms with E-state index in [9.17, 15) is 9.59 Å². The Hall–Kier alpha value is -3.19. The van der Waals surface area contributed by atoms with E-state index in [1.807, 2.05) is 43.5 Å². The maximum atomic E-state index is 12.4. The van der Waals surface area contributed by atoms with Gasteiger partial charge in [0.1, 0.15) is 10.8 Å². The van der Waals surface area contributed by atoms with Gasteiger partial charge in [-0.2, -0.15) is 0 Å². The molecule has 0 unspecified atom stereocenters. The molecule has 0 aliphatic heterocycles. The number of ether oxygens (including phenoxy) is 1. The minimum atomic E-state index is -0.187. The molecule has 1 heterocycles. The van der Waals surface area contributed by atoms with Crippen LogP contribution < -0.4 is 15.4 Å². The van der Waals surface area contributed by atoms with Gasteiger partial charge in [0.25, 0.3) is 5.91 Å². The lowest BCUT2D eigenvalue weighted by atomic mass is 10.2. The smallest absolute Gasteiger partial charge is 0.251 e. The van der Waals surface area contributed by atoms with Crippen molar-refractivity contribution in [1.82, 2.24) is 10.3 Å². The summed E-state index contributed by atoms with van der Waals surface area (Å²) in [5.41, 5.74) is 2.69. The fourth-order valence-corrected chi connectivity index (χ4v) is 3.66. The Morgan fingerprint density at radius 1 is 1.10 bits per heavy atom. The van der Waals surface area contributed by atoms with Crippen LogP contribution in [0.5, 0.6) is 5.75 Å². The van der Waals surface area contributed by atoms with Crippen LogP contribution in [0.4, 0.5) is 5.69 Å². The molecule has 0 aliphatic rings. The lowest BCUT2D eigenvalue weighted by Crippen LogP contribution is -2.23. The van der Waals surface area contributed by atoms with E-state index in [0.717, 1.165) is 16.3 Å². The molecule has 2 N–H and O–H groups in total. The predicted molar refractivity (Wildman–Crippen MR) is 116 cm³/mol. The Balaban J connectivity index is 1.67. The summed E-state index contributed by atoms with van der Waals surface area (Å²) in [5, 5.41) is 8.27. The predicted octanol–water partition coefficient (Wildman–Crippen LogP) is 4.14. The molecule has 2 amide bonds. The largest absolute Gasteiger partial charge is 0.493 e. The van der Waals surface area contributed by atoms with Crippen LogP contribution in [0, 0.1) is 0 Å². The van der Waals surface area contributed by atoms with Gasteiger partial charge in [0.2, 0.25) is 5.91 Å². The zero-order valence-corrected chi connectivity index (χ0v) is 17.2. The molecule has 0 saturated heterocycles. The minimum absolute atomic E-state index is 0.151. The fraction of sp³-hybridized carbons (Fsp3) is 0.227. The lowest BCUT2D eigenvalue weighted by Gasteiger charge is -2.07. The SMILES string of the molecule is CCNC(=O)c1cccc(NC(=O)Cc2csc(-c3ccccc3OCC)n2)c1. The molecule has 150 valence electrons. The molecule has 0 radical (unpaired) electrons. The van der Waals surface area contributed by atoms with Crippen LogP contribution in [0.2, 0.25) is 0 Å². The normalized spacial score (nSPS) is 10.4.